The number of hydrogen-bond acceptors (Lipinski definition) is 3. The van der Waals surface area contributed by atoms with Crippen LogP contribution in [0.4, 0.5) is 5.69 Å². The van der Waals surface area contributed by atoms with E-state index in [9.17, 15) is 9.59 Å². The molecule has 1 N–H and O–H groups in total. The van der Waals surface area contributed by atoms with Crippen LogP contribution in [0.25, 0.3) is 0 Å². The predicted molar refractivity (Wildman–Crippen MR) is 91.6 cm³/mol. The highest BCUT2D eigenvalue weighted by Gasteiger charge is 2.14. The molecule has 1 atom stereocenters. The van der Waals surface area contributed by atoms with Crippen LogP contribution in [0.5, 0.6) is 0 Å². The van der Waals surface area contributed by atoms with Crippen molar-refractivity contribution >= 4 is 29.1 Å². The summed E-state index contributed by atoms with van der Waals surface area (Å²) in [4.78, 5) is 24.5. The van der Waals surface area contributed by atoms with Crippen LogP contribution in [0.2, 0.25) is 0 Å². The quantitative estimate of drug-likeness (QED) is 0.660. The van der Waals surface area contributed by atoms with E-state index in [-0.39, 0.29) is 16.9 Å². The number of benzene rings is 2. The monoisotopic (exact) mass is 313 g/mol. The van der Waals surface area contributed by atoms with Crippen LogP contribution in [-0.2, 0) is 4.79 Å². The number of Topliss-reactive ketones (excluding diaryl/α,β-unsaturated/α-hetero) is 1. The molecule has 1 amide bonds. The lowest BCUT2D eigenvalue weighted by atomic mass is 10.1. The zero-order valence-electron chi connectivity index (χ0n) is 12.9. The molecule has 0 unspecified atom stereocenters. The second-order valence-electron chi connectivity index (χ2n) is 5.20. The Kier molecular flexibility index (Phi) is 5.39. The van der Waals surface area contributed by atoms with Gasteiger partial charge >= 0.3 is 0 Å². The summed E-state index contributed by atoms with van der Waals surface area (Å²) in [6.07, 6.45) is 0. The van der Waals surface area contributed by atoms with Crippen LogP contribution < -0.4 is 5.32 Å². The van der Waals surface area contributed by atoms with Crippen molar-refractivity contribution in [3.8, 4) is 0 Å². The number of aryl methyl sites for hydroxylation is 1. The Hall–Kier alpha value is -2.07. The molecule has 0 aliphatic rings. The second kappa shape index (κ2) is 7.27. The molecule has 2 aromatic rings. The predicted octanol–water partition coefficient (Wildman–Crippen LogP) is 4.32. The number of carbonyl (C=O) groups is 2. The number of amides is 1. The molecule has 0 aliphatic carbocycles. The van der Waals surface area contributed by atoms with Crippen LogP contribution in [0.3, 0.4) is 0 Å². The summed E-state index contributed by atoms with van der Waals surface area (Å²) < 4.78 is 0. The van der Waals surface area contributed by atoms with Gasteiger partial charge in [0, 0.05) is 16.1 Å². The third kappa shape index (κ3) is 4.46. The average Bonchev–Trinajstić information content (AvgIpc) is 2.50. The van der Waals surface area contributed by atoms with E-state index in [1.54, 1.807) is 24.3 Å². The molecule has 0 spiro atoms. The van der Waals surface area contributed by atoms with E-state index in [1.165, 1.54) is 24.2 Å². The Morgan fingerprint density at radius 3 is 2.14 bits per heavy atom. The van der Waals surface area contributed by atoms with Gasteiger partial charge in [-0.3, -0.25) is 9.59 Å². The molecule has 0 aliphatic heterocycles. The van der Waals surface area contributed by atoms with Gasteiger partial charge in [0.05, 0.1) is 5.25 Å². The van der Waals surface area contributed by atoms with Gasteiger partial charge in [-0.15, -0.1) is 11.8 Å². The summed E-state index contributed by atoms with van der Waals surface area (Å²) in [6.45, 7) is 5.44. The number of carbonyl (C=O) groups excluding carboxylic acids is 2. The molecule has 3 nitrogen and oxygen atoms in total. The van der Waals surface area contributed by atoms with E-state index in [1.807, 2.05) is 38.1 Å². The zero-order chi connectivity index (χ0) is 16.1. The Balaban J connectivity index is 1.95. The standard InChI is InChI=1S/C18H19NO2S/c1-12-4-10-17(11-5-12)22-14(3)18(21)19-16-8-6-15(7-9-16)13(2)20/h4-11,14H,1-3H3,(H,19,21)/t14-/m1/s1. The second-order valence-corrected chi connectivity index (χ2v) is 6.61. The third-order valence-corrected chi connectivity index (χ3v) is 4.37. The fourth-order valence-corrected chi connectivity index (χ4v) is 2.77. The van der Waals surface area contributed by atoms with E-state index in [2.05, 4.69) is 5.32 Å². The lowest BCUT2D eigenvalue weighted by Crippen LogP contribution is -2.22. The number of anilines is 1. The van der Waals surface area contributed by atoms with E-state index < -0.39 is 0 Å². The van der Waals surface area contributed by atoms with Gasteiger partial charge in [0.25, 0.3) is 0 Å². The van der Waals surface area contributed by atoms with Gasteiger partial charge in [-0.1, -0.05) is 17.7 Å². The maximum absolute atomic E-state index is 12.2. The van der Waals surface area contributed by atoms with Crippen LogP contribution in [0, 0.1) is 6.92 Å². The van der Waals surface area contributed by atoms with Gasteiger partial charge in [0.1, 0.15) is 0 Å². The van der Waals surface area contributed by atoms with E-state index in [0.717, 1.165) is 4.90 Å². The molecule has 0 heterocycles. The van der Waals surface area contributed by atoms with Crippen molar-refractivity contribution in [2.45, 2.75) is 30.9 Å². The molecular formula is C18H19NO2S. The first-order valence-corrected chi connectivity index (χ1v) is 7.99. The minimum atomic E-state index is -0.199. The Bertz CT molecular complexity index is 662. The smallest absolute Gasteiger partial charge is 0.237 e. The zero-order valence-corrected chi connectivity index (χ0v) is 13.7. The van der Waals surface area contributed by atoms with Crippen LogP contribution in [-0.4, -0.2) is 16.9 Å². The first-order valence-electron chi connectivity index (χ1n) is 7.11. The molecule has 0 radical (unpaired) electrons. The molecule has 0 bridgehead atoms. The largest absolute Gasteiger partial charge is 0.325 e. The number of ketones is 1. The Labute approximate surface area is 135 Å². The molecular weight excluding hydrogens is 294 g/mol. The van der Waals surface area contributed by atoms with Crippen molar-refractivity contribution in [3.05, 3.63) is 59.7 Å². The Morgan fingerprint density at radius 2 is 1.59 bits per heavy atom. The van der Waals surface area contributed by atoms with E-state index >= 15 is 0 Å². The summed E-state index contributed by atoms with van der Waals surface area (Å²) in [5, 5.41) is 2.67. The van der Waals surface area contributed by atoms with Crippen LogP contribution in [0.15, 0.2) is 53.4 Å². The minimum Gasteiger partial charge on any atom is -0.325 e. The molecule has 0 saturated carbocycles. The fourth-order valence-electron chi connectivity index (χ4n) is 1.91. The van der Waals surface area contributed by atoms with Gasteiger partial charge in [-0.2, -0.15) is 0 Å². The first-order chi connectivity index (χ1) is 10.5. The van der Waals surface area contributed by atoms with Gasteiger partial charge in [0.15, 0.2) is 5.78 Å². The molecule has 114 valence electrons. The summed E-state index contributed by atoms with van der Waals surface area (Å²) in [6, 6.07) is 15.0. The van der Waals surface area contributed by atoms with Crippen LogP contribution in [0.1, 0.15) is 29.8 Å². The molecule has 0 saturated heterocycles. The van der Waals surface area contributed by atoms with Gasteiger partial charge in [-0.25, -0.2) is 0 Å². The van der Waals surface area contributed by atoms with Crippen molar-refractivity contribution in [3.63, 3.8) is 0 Å². The number of thioether (sulfide) groups is 1. The van der Waals surface area contributed by atoms with Crippen molar-refractivity contribution < 1.29 is 9.59 Å². The summed E-state index contributed by atoms with van der Waals surface area (Å²) in [5.41, 5.74) is 2.54. The van der Waals surface area contributed by atoms with Crippen molar-refractivity contribution in [2.75, 3.05) is 5.32 Å². The SMILES string of the molecule is CC(=O)c1ccc(NC(=O)[C@@H](C)Sc2ccc(C)cc2)cc1. The topological polar surface area (TPSA) is 46.2 Å². The lowest BCUT2D eigenvalue weighted by Gasteiger charge is -2.12. The first kappa shape index (κ1) is 16.3. The average molecular weight is 313 g/mol. The van der Waals surface area contributed by atoms with E-state index in [4.69, 9.17) is 0 Å². The molecule has 0 aromatic heterocycles. The van der Waals surface area contributed by atoms with E-state index in [0.29, 0.717) is 11.3 Å². The number of rotatable bonds is 5. The molecule has 22 heavy (non-hydrogen) atoms. The maximum atomic E-state index is 12.2. The highest BCUT2D eigenvalue weighted by atomic mass is 32.2. The van der Waals surface area contributed by atoms with Gasteiger partial charge < -0.3 is 5.32 Å². The number of hydrogen-bond donors (Lipinski definition) is 1. The summed E-state index contributed by atoms with van der Waals surface area (Å²) >= 11 is 1.52. The summed E-state index contributed by atoms with van der Waals surface area (Å²) in [5.74, 6) is -0.0395. The number of nitrogens with one attached hydrogen (secondary N) is 1. The van der Waals surface area contributed by atoms with Crippen molar-refractivity contribution in [2.24, 2.45) is 0 Å². The van der Waals surface area contributed by atoms with Gasteiger partial charge in [-0.05, 0) is 57.2 Å². The highest BCUT2D eigenvalue weighted by molar-refractivity contribution is 8.00. The van der Waals surface area contributed by atoms with Crippen LogP contribution >= 0.6 is 11.8 Å². The molecule has 4 heteroatoms. The van der Waals surface area contributed by atoms with Crippen molar-refractivity contribution in [1.29, 1.82) is 0 Å². The van der Waals surface area contributed by atoms with Gasteiger partial charge in [0.2, 0.25) is 5.91 Å². The molecule has 2 rings (SSSR count). The third-order valence-electron chi connectivity index (χ3n) is 3.26. The normalized spacial score (nSPS) is 11.8. The Morgan fingerprint density at radius 1 is 1.00 bits per heavy atom. The summed E-state index contributed by atoms with van der Waals surface area (Å²) in [7, 11) is 0. The maximum Gasteiger partial charge on any atom is 0.237 e. The molecule has 0 fully saturated rings. The molecule has 2 aromatic carbocycles. The van der Waals surface area contributed by atoms with Crippen molar-refractivity contribution in [1.82, 2.24) is 0 Å². The fraction of sp³-hybridized carbons (Fsp3) is 0.222. The lowest BCUT2D eigenvalue weighted by molar-refractivity contribution is -0.115. The highest BCUT2D eigenvalue weighted by Crippen LogP contribution is 2.24. The minimum absolute atomic E-state index is 0.0150.